The molecule has 22 heavy (non-hydrogen) atoms. The molecule has 0 saturated carbocycles. The Labute approximate surface area is 131 Å². The van der Waals surface area contributed by atoms with E-state index in [-0.39, 0.29) is 24.6 Å². The highest BCUT2D eigenvalue weighted by atomic mass is 32.2. The summed E-state index contributed by atoms with van der Waals surface area (Å²) in [5.41, 5.74) is 1.47. The van der Waals surface area contributed by atoms with Gasteiger partial charge in [-0.3, -0.25) is 4.79 Å². The molecule has 0 atom stereocenters. The molecule has 0 bridgehead atoms. The molecule has 5 nitrogen and oxygen atoms in total. The summed E-state index contributed by atoms with van der Waals surface area (Å²) in [5, 5.41) is 0. The summed E-state index contributed by atoms with van der Waals surface area (Å²) in [6.45, 7) is 10.7. The number of carbonyl (C=O) groups is 1. The molecule has 0 saturated heterocycles. The van der Waals surface area contributed by atoms with Gasteiger partial charge in [-0.05, 0) is 24.6 Å². The van der Waals surface area contributed by atoms with Crippen LogP contribution in [-0.2, 0) is 19.6 Å². The Morgan fingerprint density at radius 1 is 1.32 bits per heavy atom. The molecule has 1 rings (SSSR count). The third-order valence-electron chi connectivity index (χ3n) is 2.87. The molecular weight excluding hydrogens is 302 g/mol. The zero-order valence-corrected chi connectivity index (χ0v) is 13.7. The Kier molecular flexibility index (Phi) is 6.52. The number of esters is 1. The average Bonchev–Trinajstić information content (AvgIpc) is 2.45. The Morgan fingerprint density at radius 3 is 2.41 bits per heavy atom. The van der Waals surface area contributed by atoms with Crippen LogP contribution in [0.2, 0.25) is 0 Å². The van der Waals surface area contributed by atoms with E-state index in [0.29, 0.717) is 5.57 Å². The molecule has 120 valence electrons. The summed E-state index contributed by atoms with van der Waals surface area (Å²) in [6.07, 6.45) is 1.50. The highest BCUT2D eigenvalue weighted by Gasteiger charge is 2.24. The smallest absolute Gasteiger partial charge is 0.302 e. The highest BCUT2D eigenvalue weighted by Crippen LogP contribution is 2.17. The van der Waals surface area contributed by atoms with Crippen molar-refractivity contribution in [3.63, 3.8) is 0 Å². The van der Waals surface area contributed by atoms with Gasteiger partial charge in [-0.15, -0.1) is 6.58 Å². The van der Waals surface area contributed by atoms with Crippen LogP contribution in [-0.4, -0.2) is 38.4 Å². The molecule has 0 fully saturated rings. The fourth-order valence-electron chi connectivity index (χ4n) is 1.75. The zero-order chi connectivity index (χ0) is 16.8. The lowest BCUT2D eigenvalue weighted by molar-refractivity contribution is -0.140. The SMILES string of the molecule is C=CCN(CC(=C)COC(C)=O)S(=O)(=O)c1ccc(C)cc1. The molecule has 0 aromatic heterocycles. The van der Waals surface area contributed by atoms with Crippen molar-refractivity contribution >= 4 is 16.0 Å². The first-order chi connectivity index (χ1) is 10.3. The van der Waals surface area contributed by atoms with Gasteiger partial charge in [0.2, 0.25) is 10.0 Å². The monoisotopic (exact) mass is 323 g/mol. The molecule has 0 unspecified atom stereocenters. The van der Waals surface area contributed by atoms with Crippen molar-refractivity contribution in [3.8, 4) is 0 Å². The normalized spacial score (nSPS) is 11.2. The first-order valence-electron chi connectivity index (χ1n) is 6.75. The van der Waals surface area contributed by atoms with E-state index in [1.165, 1.54) is 17.3 Å². The second-order valence-electron chi connectivity index (χ2n) is 4.93. The highest BCUT2D eigenvalue weighted by molar-refractivity contribution is 7.89. The molecule has 6 heteroatoms. The third kappa shape index (κ3) is 5.13. The van der Waals surface area contributed by atoms with Gasteiger partial charge in [0, 0.05) is 20.0 Å². The van der Waals surface area contributed by atoms with Crippen molar-refractivity contribution in [2.45, 2.75) is 18.7 Å². The van der Waals surface area contributed by atoms with Crippen LogP contribution in [0, 0.1) is 6.92 Å². The Bertz CT molecular complexity index is 647. The zero-order valence-electron chi connectivity index (χ0n) is 12.9. The molecule has 0 radical (unpaired) electrons. The van der Waals surface area contributed by atoms with E-state index >= 15 is 0 Å². The predicted octanol–water partition coefficient (Wildman–Crippen LogP) is 2.29. The lowest BCUT2D eigenvalue weighted by atomic mass is 10.2. The van der Waals surface area contributed by atoms with Gasteiger partial charge in [-0.1, -0.05) is 30.4 Å². The number of rotatable bonds is 8. The minimum Gasteiger partial charge on any atom is -0.461 e. The molecule has 0 spiro atoms. The van der Waals surface area contributed by atoms with E-state index < -0.39 is 16.0 Å². The lowest BCUT2D eigenvalue weighted by Crippen LogP contribution is -2.33. The number of hydrogen-bond acceptors (Lipinski definition) is 4. The van der Waals surface area contributed by atoms with Crippen molar-refractivity contribution in [1.29, 1.82) is 0 Å². The van der Waals surface area contributed by atoms with Crippen LogP contribution < -0.4 is 0 Å². The Hall–Kier alpha value is -1.92. The van der Waals surface area contributed by atoms with E-state index in [2.05, 4.69) is 13.2 Å². The fraction of sp³-hybridized carbons (Fsp3) is 0.312. The fourth-order valence-corrected chi connectivity index (χ4v) is 3.18. The summed E-state index contributed by atoms with van der Waals surface area (Å²) in [7, 11) is -3.65. The van der Waals surface area contributed by atoms with Gasteiger partial charge in [0.15, 0.2) is 0 Å². The van der Waals surface area contributed by atoms with E-state index in [0.717, 1.165) is 5.56 Å². The van der Waals surface area contributed by atoms with Gasteiger partial charge >= 0.3 is 5.97 Å². The van der Waals surface area contributed by atoms with E-state index in [9.17, 15) is 13.2 Å². The van der Waals surface area contributed by atoms with Crippen LogP contribution in [0.5, 0.6) is 0 Å². The number of benzene rings is 1. The number of nitrogens with zero attached hydrogens (tertiary/aromatic N) is 1. The van der Waals surface area contributed by atoms with Crippen LogP contribution in [0.1, 0.15) is 12.5 Å². The maximum Gasteiger partial charge on any atom is 0.302 e. The standard InChI is InChI=1S/C16H21NO4S/c1-5-10-17(11-14(3)12-21-15(4)18)22(19,20)16-8-6-13(2)7-9-16/h5-9H,1,3,10-12H2,2,4H3. The van der Waals surface area contributed by atoms with E-state index in [1.807, 2.05) is 6.92 Å². The summed E-state index contributed by atoms with van der Waals surface area (Å²) in [6, 6.07) is 6.62. The molecule has 0 aliphatic rings. The molecule has 0 aliphatic heterocycles. The van der Waals surface area contributed by atoms with E-state index in [1.54, 1.807) is 24.3 Å². The summed E-state index contributed by atoms with van der Waals surface area (Å²) < 4.78 is 31.4. The number of carbonyl (C=O) groups excluding carboxylic acids is 1. The molecule has 1 aromatic rings. The first kappa shape index (κ1) is 18.1. The van der Waals surface area contributed by atoms with Gasteiger partial charge in [0.1, 0.15) is 6.61 Å². The minimum atomic E-state index is -3.65. The molecular formula is C16H21NO4S. The number of ether oxygens (including phenoxy) is 1. The third-order valence-corrected chi connectivity index (χ3v) is 4.70. The Balaban J connectivity index is 2.93. The van der Waals surface area contributed by atoms with Gasteiger partial charge < -0.3 is 4.74 Å². The predicted molar refractivity (Wildman–Crippen MR) is 85.9 cm³/mol. The van der Waals surface area contributed by atoms with Crippen LogP contribution >= 0.6 is 0 Å². The average molecular weight is 323 g/mol. The van der Waals surface area contributed by atoms with Crippen molar-refractivity contribution in [1.82, 2.24) is 4.31 Å². The number of hydrogen-bond donors (Lipinski definition) is 0. The van der Waals surface area contributed by atoms with Crippen molar-refractivity contribution in [2.24, 2.45) is 0 Å². The lowest BCUT2D eigenvalue weighted by Gasteiger charge is -2.21. The minimum absolute atomic E-state index is 0.00755. The second kappa shape index (κ2) is 7.91. The van der Waals surface area contributed by atoms with Crippen molar-refractivity contribution < 1.29 is 17.9 Å². The number of sulfonamides is 1. The quantitative estimate of drug-likeness (QED) is 0.544. The second-order valence-corrected chi connectivity index (χ2v) is 6.87. The Morgan fingerprint density at radius 2 is 1.91 bits per heavy atom. The summed E-state index contributed by atoms with van der Waals surface area (Å²) in [4.78, 5) is 11.0. The van der Waals surface area contributed by atoms with Gasteiger partial charge in [-0.2, -0.15) is 4.31 Å². The van der Waals surface area contributed by atoms with Crippen molar-refractivity contribution in [2.75, 3.05) is 19.7 Å². The summed E-state index contributed by atoms with van der Waals surface area (Å²) in [5.74, 6) is -0.433. The summed E-state index contributed by atoms with van der Waals surface area (Å²) >= 11 is 0. The maximum absolute atomic E-state index is 12.6. The van der Waals surface area contributed by atoms with Crippen LogP contribution in [0.3, 0.4) is 0 Å². The van der Waals surface area contributed by atoms with Gasteiger partial charge in [0.05, 0.1) is 4.90 Å². The van der Waals surface area contributed by atoms with Gasteiger partial charge in [0.25, 0.3) is 0 Å². The van der Waals surface area contributed by atoms with Gasteiger partial charge in [-0.25, -0.2) is 8.42 Å². The largest absolute Gasteiger partial charge is 0.461 e. The molecule has 1 aromatic carbocycles. The van der Waals surface area contributed by atoms with Crippen LogP contribution in [0.4, 0.5) is 0 Å². The first-order valence-corrected chi connectivity index (χ1v) is 8.19. The molecule has 0 amide bonds. The molecule has 0 aliphatic carbocycles. The maximum atomic E-state index is 12.6. The molecule has 0 heterocycles. The van der Waals surface area contributed by atoms with Crippen LogP contribution in [0.25, 0.3) is 0 Å². The van der Waals surface area contributed by atoms with Crippen molar-refractivity contribution in [3.05, 3.63) is 54.6 Å². The van der Waals surface area contributed by atoms with Crippen LogP contribution in [0.15, 0.2) is 54.0 Å². The topological polar surface area (TPSA) is 63.7 Å². The molecule has 0 N–H and O–H groups in total. The number of aryl methyl sites for hydroxylation is 1. The van der Waals surface area contributed by atoms with E-state index in [4.69, 9.17) is 4.74 Å².